The smallest absolute Gasteiger partial charge is 0.197 e. The summed E-state index contributed by atoms with van der Waals surface area (Å²) in [6.45, 7) is 5.96. The summed E-state index contributed by atoms with van der Waals surface area (Å²) in [5.41, 5.74) is 1.72. The second-order valence-corrected chi connectivity index (χ2v) is 5.13. The largest absolute Gasteiger partial charge is 0.230 e. The number of anilines is 1. The minimum absolute atomic E-state index is 0.617. The van der Waals surface area contributed by atoms with Crippen molar-refractivity contribution < 1.29 is 4.21 Å². The Morgan fingerprint density at radius 1 is 1.00 bits per heavy atom. The van der Waals surface area contributed by atoms with Crippen LogP contribution in [0.5, 0.6) is 0 Å². The van der Waals surface area contributed by atoms with Crippen molar-refractivity contribution in [1.82, 2.24) is 0 Å². The van der Waals surface area contributed by atoms with E-state index in [2.05, 4.69) is 0 Å². The highest BCUT2D eigenvalue weighted by Crippen LogP contribution is 2.19. The van der Waals surface area contributed by atoms with Crippen molar-refractivity contribution in [1.29, 1.82) is 5.26 Å². The van der Waals surface area contributed by atoms with Crippen molar-refractivity contribution in [3.8, 4) is 6.19 Å². The van der Waals surface area contributed by atoms with E-state index >= 15 is 0 Å². The monoisotopic (exact) mass is 286 g/mol. The Balaban J connectivity index is 0.000000956. The summed E-state index contributed by atoms with van der Waals surface area (Å²) in [5.74, 6) is 0. The number of rotatable bonds is 3. The van der Waals surface area contributed by atoms with Gasteiger partial charge in [-0.15, -0.1) is 0 Å². The maximum Gasteiger partial charge on any atom is 0.197 e. The Morgan fingerprint density at radius 3 is 2.05 bits per heavy atom. The molecule has 0 aliphatic rings. The minimum atomic E-state index is -1.51. The lowest BCUT2D eigenvalue weighted by Crippen LogP contribution is -2.19. The summed E-state index contributed by atoms with van der Waals surface area (Å²) in [5, 5.41) is 9.15. The molecule has 2 rings (SSSR count). The molecule has 0 N–H and O–H groups in total. The lowest BCUT2D eigenvalue weighted by atomic mass is 10.2. The van der Waals surface area contributed by atoms with Gasteiger partial charge < -0.3 is 0 Å². The molecule has 1 unspecified atom stereocenters. The van der Waals surface area contributed by atoms with Gasteiger partial charge in [0, 0.05) is 0 Å². The molecule has 0 aliphatic heterocycles. The molecule has 0 saturated heterocycles. The van der Waals surface area contributed by atoms with E-state index < -0.39 is 11.0 Å². The zero-order valence-electron chi connectivity index (χ0n) is 11.9. The van der Waals surface area contributed by atoms with Crippen LogP contribution in [0.3, 0.4) is 0 Å². The Labute approximate surface area is 123 Å². The van der Waals surface area contributed by atoms with Gasteiger partial charge in [0.1, 0.15) is 0 Å². The molecule has 0 aliphatic carbocycles. The molecule has 0 aromatic heterocycles. The molecule has 0 fully saturated rings. The van der Waals surface area contributed by atoms with Crippen LogP contribution in [0.25, 0.3) is 0 Å². The third-order valence-electron chi connectivity index (χ3n) is 2.47. The number of benzene rings is 2. The van der Waals surface area contributed by atoms with Gasteiger partial charge in [-0.1, -0.05) is 49.7 Å². The van der Waals surface area contributed by atoms with Crippen molar-refractivity contribution >= 4 is 16.7 Å². The highest BCUT2D eigenvalue weighted by Gasteiger charge is 2.15. The number of nitrogens with zero attached hydrogens (tertiary/aromatic N) is 2. The fourth-order valence-electron chi connectivity index (χ4n) is 1.51. The van der Waals surface area contributed by atoms with Crippen LogP contribution in [0, 0.1) is 18.4 Å². The van der Waals surface area contributed by atoms with Gasteiger partial charge in [0.15, 0.2) is 17.2 Å². The zero-order chi connectivity index (χ0) is 15.0. The Hall–Kier alpha value is -2.12. The molecule has 20 heavy (non-hydrogen) atoms. The molecule has 2 aromatic carbocycles. The zero-order valence-corrected chi connectivity index (χ0v) is 12.7. The number of aryl methyl sites for hydroxylation is 1. The molecule has 0 heterocycles. The molecule has 2 aromatic rings. The summed E-state index contributed by atoms with van der Waals surface area (Å²) in [7, 11) is -1.51. The topological polar surface area (TPSA) is 44.1 Å². The highest BCUT2D eigenvalue weighted by atomic mass is 32.2. The van der Waals surface area contributed by atoms with E-state index in [-0.39, 0.29) is 0 Å². The first-order valence-electron chi connectivity index (χ1n) is 6.46. The van der Waals surface area contributed by atoms with Gasteiger partial charge in [-0.2, -0.15) is 9.57 Å². The average molecular weight is 286 g/mol. The van der Waals surface area contributed by atoms with Crippen molar-refractivity contribution in [3.63, 3.8) is 0 Å². The van der Waals surface area contributed by atoms with Gasteiger partial charge >= 0.3 is 0 Å². The molecule has 0 bridgehead atoms. The fraction of sp³-hybridized carbons (Fsp3) is 0.188. The first-order valence-corrected chi connectivity index (χ1v) is 7.56. The second kappa shape index (κ2) is 8.13. The average Bonchev–Trinajstić information content (AvgIpc) is 2.52. The highest BCUT2D eigenvalue weighted by molar-refractivity contribution is 7.86. The van der Waals surface area contributed by atoms with Crippen molar-refractivity contribution in [3.05, 3.63) is 60.2 Å². The van der Waals surface area contributed by atoms with Gasteiger partial charge in [-0.05, 0) is 31.2 Å². The molecule has 104 valence electrons. The third kappa shape index (κ3) is 3.94. The first kappa shape index (κ1) is 15.9. The summed E-state index contributed by atoms with van der Waals surface area (Å²) in [4.78, 5) is 0.617. The van der Waals surface area contributed by atoms with Crippen LogP contribution in [0.1, 0.15) is 19.4 Å². The van der Waals surface area contributed by atoms with Gasteiger partial charge in [0.2, 0.25) is 0 Å². The fourth-order valence-corrected chi connectivity index (χ4v) is 2.48. The van der Waals surface area contributed by atoms with Crippen molar-refractivity contribution in [2.24, 2.45) is 0 Å². The molecule has 0 spiro atoms. The van der Waals surface area contributed by atoms with Crippen LogP contribution in [0.4, 0.5) is 5.69 Å². The molecule has 0 radical (unpaired) electrons. The number of hydrogen-bond acceptors (Lipinski definition) is 2. The van der Waals surface area contributed by atoms with E-state index in [0.29, 0.717) is 10.6 Å². The maximum atomic E-state index is 12.3. The molecule has 4 heteroatoms. The van der Waals surface area contributed by atoms with Crippen molar-refractivity contribution in [2.45, 2.75) is 25.7 Å². The summed E-state index contributed by atoms with van der Waals surface area (Å²) in [6, 6.07) is 16.3. The molecular formula is C16H18N2OS. The van der Waals surface area contributed by atoms with E-state index in [9.17, 15) is 4.21 Å². The normalized spacial score (nSPS) is 10.7. The van der Waals surface area contributed by atoms with Crippen LogP contribution in [-0.2, 0) is 11.0 Å². The van der Waals surface area contributed by atoms with E-state index in [0.717, 1.165) is 5.56 Å². The van der Waals surface area contributed by atoms with Gasteiger partial charge in [0.25, 0.3) is 0 Å². The van der Waals surface area contributed by atoms with E-state index in [4.69, 9.17) is 5.26 Å². The summed E-state index contributed by atoms with van der Waals surface area (Å²) >= 11 is 0. The van der Waals surface area contributed by atoms with Crippen LogP contribution < -0.4 is 4.31 Å². The van der Waals surface area contributed by atoms with Crippen LogP contribution in [0.2, 0.25) is 0 Å². The standard InChI is InChI=1S/C14H12N2OS.C2H6/c1-12-7-9-14(10-8-12)18(17)16(11-15)13-5-3-2-4-6-13;1-2/h2-10H,1H3;1-2H3. The molecule has 0 saturated carbocycles. The Morgan fingerprint density at radius 2 is 1.55 bits per heavy atom. The van der Waals surface area contributed by atoms with E-state index in [1.165, 1.54) is 4.31 Å². The third-order valence-corrected chi connectivity index (χ3v) is 3.77. The van der Waals surface area contributed by atoms with Gasteiger partial charge in [-0.3, -0.25) is 0 Å². The van der Waals surface area contributed by atoms with Crippen LogP contribution in [0.15, 0.2) is 59.5 Å². The summed E-state index contributed by atoms with van der Waals surface area (Å²) < 4.78 is 13.5. The van der Waals surface area contributed by atoms with E-state index in [1.807, 2.05) is 57.3 Å². The maximum absolute atomic E-state index is 12.3. The lowest BCUT2D eigenvalue weighted by Gasteiger charge is -2.14. The quantitative estimate of drug-likeness (QED) is 0.631. The minimum Gasteiger partial charge on any atom is -0.230 e. The number of nitriles is 1. The molecule has 1 atom stereocenters. The predicted molar refractivity (Wildman–Crippen MR) is 83.5 cm³/mol. The van der Waals surface area contributed by atoms with Crippen molar-refractivity contribution in [2.75, 3.05) is 4.31 Å². The van der Waals surface area contributed by atoms with Gasteiger partial charge in [0.05, 0.1) is 10.6 Å². The van der Waals surface area contributed by atoms with Crippen LogP contribution >= 0.6 is 0 Å². The molecule has 0 amide bonds. The lowest BCUT2D eigenvalue weighted by molar-refractivity contribution is 0.683. The predicted octanol–water partition coefficient (Wildman–Crippen LogP) is 4.03. The Bertz CT molecular complexity index is 588. The number of para-hydroxylation sites is 1. The molecule has 3 nitrogen and oxygen atoms in total. The van der Waals surface area contributed by atoms with E-state index in [1.54, 1.807) is 24.3 Å². The Kier molecular flexibility index (Phi) is 6.48. The SMILES string of the molecule is CC.Cc1ccc(S(=O)N(C#N)c2ccccc2)cc1. The first-order chi connectivity index (χ1) is 9.72. The molecular weight excluding hydrogens is 268 g/mol. The second-order valence-electron chi connectivity index (χ2n) is 3.79. The number of hydrogen-bond donors (Lipinski definition) is 0. The van der Waals surface area contributed by atoms with Gasteiger partial charge in [-0.25, -0.2) is 4.21 Å². The van der Waals surface area contributed by atoms with Crippen LogP contribution in [-0.4, -0.2) is 4.21 Å². The summed E-state index contributed by atoms with van der Waals surface area (Å²) in [6.07, 6.45) is 1.96.